The van der Waals surface area contributed by atoms with Crippen LogP contribution in [0.1, 0.15) is 116 Å². The molecule has 2 atom stereocenters. The van der Waals surface area contributed by atoms with Gasteiger partial charge >= 0.3 is 0 Å². The third-order valence-electron chi connectivity index (χ3n) is 11.9. The van der Waals surface area contributed by atoms with E-state index in [1.54, 1.807) is 0 Å². The standard InChI is InChI=1S/C30H46N2O2/c33-27(17-29-11-19-5-20(12-29)7-21(6-19)13-29)31-25-3-1-2-4-26(25)32-28(34)18-30-14-22-8-23(15-30)10-24(9-22)16-30/h19-26H,1-18H2,(H,31,33)(H,32,34). The Morgan fingerprint density at radius 2 is 0.824 bits per heavy atom. The molecule has 9 aliphatic carbocycles. The molecule has 4 nitrogen and oxygen atoms in total. The second-order valence-corrected chi connectivity index (χ2v) is 14.8. The summed E-state index contributed by atoms with van der Waals surface area (Å²) in [6.45, 7) is 0. The molecule has 2 unspecified atom stereocenters. The summed E-state index contributed by atoms with van der Waals surface area (Å²) >= 11 is 0. The molecule has 2 amide bonds. The number of carbonyl (C=O) groups excluding carboxylic acids is 2. The Labute approximate surface area is 206 Å². The maximum absolute atomic E-state index is 13.3. The predicted molar refractivity (Wildman–Crippen MR) is 133 cm³/mol. The van der Waals surface area contributed by atoms with Crippen LogP contribution < -0.4 is 10.6 Å². The van der Waals surface area contributed by atoms with E-state index in [1.165, 1.54) is 89.9 Å². The third kappa shape index (κ3) is 4.13. The zero-order valence-corrected chi connectivity index (χ0v) is 21.2. The second-order valence-electron chi connectivity index (χ2n) is 14.8. The zero-order chi connectivity index (χ0) is 22.9. The summed E-state index contributed by atoms with van der Waals surface area (Å²) < 4.78 is 0. The maximum Gasteiger partial charge on any atom is 0.220 e. The van der Waals surface area contributed by atoms with E-state index in [0.29, 0.717) is 10.8 Å². The Morgan fingerprint density at radius 3 is 1.12 bits per heavy atom. The van der Waals surface area contributed by atoms with Crippen molar-refractivity contribution in [2.45, 2.75) is 128 Å². The van der Waals surface area contributed by atoms with Gasteiger partial charge < -0.3 is 10.6 Å². The third-order valence-corrected chi connectivity index (χ3v) is 11.9. The van der Waals surface area contributed by atoms with Crippen molar-refractivity contribution in [3.8, 4) is 0 Å². The van der Waals surface area contributed by atoms with Crippen molar-refractivity contribution in [1.82, 2.24) is 10.6 Å². The summed E-state index contributed by atoms with van der Waals surface area (Å²) in [5, 5.41) is 6.91. The minimum Gasteiger partial charge on any atom is -0.351 e. The minimum atomic E-state index is 0.135. The van der Waals surface area contributed by atoms with Crippen molar-refractivity contribution in [3.63, 3.8) is 0 Å². The second kappa shape index (κ2) is 8.23. The monoisotopic (exact) mass is 466 g/mol. The van der Waals surface area contributed by atoms with E-state index in [2.05, 4.69) is 10.6 Å². The largest absolute Gasteiger partial charge is 0.351 e. The molecule has 0 spiro atoms. The first-order chi connectivity index (χ1) is 16.4. The van der Waals surface area contributed by atoms with E-state index in [4.69, 9.17) is 0 Å². The summed E-state index contributed by atoms with van der Waals surface area (Å²) in [7, 11) is 0. The Bertz CT molecular complexity index is 695. The molecule has 9 rings (SSSR count). The maximum atomic E-state index is 13.3. The Morgan fingerprint density at radius 1 is 0.529 bits per heavy atom. The molecule has 0 heterocycles. The van der Waals surface area contributed by atoms with Crippen molar-refractivity contribution in [1.29, 1.82) is 0 Å². The fourth-order valence-corrected chi connectivity index (χ4v) is 11.7. The van der Waals surface area contributed by atoms with Gasteiger partial charge in [0, 0.05) is 24.9 Å². The van der Waals surface area contributed by atoms with Crippen molar-refractivity contribution in [3.05, 3.63) is 0 Å². The van der Waals surface area contributed by atoms with Crippen molar-refractivity contribution < 1.29 is 9.59 Å². The Balaban J connectivity index is 0.961. The van der Waals surface area contributed by atoms with Gasteiger partial charge in [-0.25, -0.2) is 0 Å². The molecule has 4 heteroatoms. The highest BCUT2D eigenvalue weighted by Crippen LogP contribution is 2.62. The number of hydrogen-bond acceptors (Lipinski definition) is 2. The summed E-state index contributed by atoms with van der Waals surface area (Å²) in [5.41, 5.74) is 0.593. The van der Waals surface area contributed by atoms with Crippen LogP contribution in [0.15, 0.2) is 0 Å². The highest BCUT2D eigenvalue weighted by atomic mass is 16.2. The lowest BCUT2D eigenvalue weighted by atomic mass is 9.49. The molecule has 0 radical (unpaired) electrons. The normalized spacial score (nSPS) is 50.4. The number of hydrogen-bond donors (Lipinski definition) is 2. The molecular weight excluding hydrogens is 420 g/mol. The Hall–Kier alpha value is -1.06. The first-order valence-corrected chi connectivity index (χ1v) is 15.0. The van der Waals surface area contributed by atoms with Crippen LogP contribution >= 0.6 is 0 Å². The Kier molecular flexibility index (Phi) is 5.37. The van der Waals surface area contributed by atoms with Crippen LogP contribution in [0.4, 0.5) is 0 Å². The topological polar surface area (TPSA) is 58.2 Å². The van der Waals surface area contributed by atoms with E-state index in [1.807, 2.05) is 0 Å². The smallest absolute Gasteiger partial charge is 0.220 e. The van der Waals surface area contributed by atoms with Crippen LogP contribution in [-0.2, 0) is 9.59 Å². The predicted octanol–water partition coefficient (Wildman–Crippen LogP) is 5.74. The molecule has 34 heavy (non-hydrogen) atoms. The first kappa shape index (κ1) is 22.2. The molecule has 9 fully saturated rings. The van der Waals surface area contributed by atoms with Crippen molar-refractivity contribution in [2.24, 2.45) is 46.3 Å². The lowest BCUT2D eigenvalue weighted by molar-refractivity contribution is -0.133. The van der Waals surface area contributed by atoms with Crippen LogP contribution in [-0.4, -0.2) is 23.9 Å². The van der Waals surface area contributed by atoms with Crippen LogP contribution in [0.3, 0.4) is 0 Å². The molecule has 8 bridgehead atoms. The van der Waals surface area contributed by atoms with Gasteiger partial charge in [0.15, 0.2) is 0 Å². The fourth-order valence-electron chi connectivity index (χ4n) is 11.7. The number of nitrogens with one attached hydrogen (secondary N) is 2. The first-order valence-electron chi connectivity index (χ1n) is 15.0. The lowest BCUT2D eigenvalue weighted by Crippen LogP contribution is -2.55. The van der Waals surface area contributed by atoms with Gasteiger partial charge in [-0.05, 0) is 136 Å². The van der Waals surface area contributed by atoms with Crippen LogP contribution in [0.5, 0.6) is 0 Å². The van der Waals surface area contributed by atoms with Crippen LogP contribution in [0.2, 0.25) is 0 Å². The molecule has 188 valence electrons. The lowest BCUT2D eigenvalue weighted by Gasteiger charge is -2.57. The van der Waals surface area contributed by atoms with Gasteiger partial charge in [0.1, 0.15) is 0 Å². The molecule has 0 saturated heterocycles. The minimum absolute atomic E-state index is 0.135. The SMILES string of the molecule is O=C(CC12CC3CC(CC(C3)C1)C2)NC1CCCCC1NC(=O)CC12CC3CC(CC(C3)C1)C2. The molecule has 0 aromatic rings. The van der Waals surface area contributed by atoms with Gasteiger partial charge in [-0.1, -0.05) is 12.8 Å². The van der Waals surface area contributed by atoms with Crippen LogP contribution in [0.25, 0.3) is 0 Å². The molecule has 0 aromatic carbocycles. The number of carbonyl (C=O) groups is 2. The summed E-state index contributed by atoms with van der Waals surface area (Å²) in [6.07, 6.45) is 22.2. The molecular formula is C30H46N2O2. The van der Waals surface area contributed by atoms with Gasteiger partial charge in [0.2, 0.25) is 11.8 Å². The average Bonchev–Trinajstić information content (AvgIpc) is 2.72. The van der Waals surface area contributed by atoms with Gasteiger partial charge in [-0.15, -0.1) is 0 Å². The van der Waals surface area contributed by atoms with Crippen molar-refractivity contribution in [2.75, 3.05) is 0 Å². The van der Waals surface area contributed by atoms with E-state index >= 15 is 0 Å². The van der Waals surface area contributed by atoms with Crippen LogP contribution in [0, 0.1) is 46.3 Å². The van der Waals surface area contributed by atoms with Crippen molar-refractivity contribution >= 4 is 11.8 Å². The number of rotatable bonds is 6. The molecule has 0 aliphatic heterocycles. The van der Waals surface area contributed by atoms with E-state index in [-0.39, 0.29) is 23.9 Å². The molecule has 9 saturated carbocycles. The highest BCUT2D eigenvalue weighted by Gasteiger charge is 2.53. The highest BCUT2D eigenvalue weighted by molar-refractivity contribution is 5.79. The van der Waals surface area contributed by atoms with E-state index in [9.17, 15) is 9.59 Å². The quantitative estimate of drug-likeness (QED) is 0.524. The van der Waals surface area contributed by atoms with Gasteiger partial charge in [0.05, 0.1) is 0 Å². The summed E-state index contributed by atoms with van der Waals surface area (Å²) in [4.78, 5) is 26.6. The average molecular weight is 467 g/mol. The number of amides is 2. The van der Waals surface area contributed by atoms with Gasteiger partial charge in [-0.2, -0.15) is 0 Å². The fraction of sp³-hybridized carbons (Fsp3) is 0.933. The van der Waals surface area contributed by atoms with E-state index < -0.39 is 0 Å². The van der Waals surface area contributed by atoms with E-state index in [0.717, 1.165) is 61.2 Å². The molecule has 2 N–H and O–H groups in total. The van der Waals surface area contributed by atoms with Gasteiger partial charge in [0.25, 0.3) is 0 Å². The van der Waals surface area contributed by atoms with Gasteiger partial charge in [-0.3, -0.25) is 9.59 Å². The summed E-state index contributed by atoms with van der Waals surface area (Å²) in [5.74, 6) is 5.91. The molecule has 0 aromatic heterocycles. The summed E-state index contributed by atoms with van der Waals surface area (Å²) in [6, 6.07) is 0.269. The molecule has 9 aliphatic rings. The zero-order valence-electron chi connectivity index (χ0n) is 21.2.